The molecule has 11 heavy (non-hydrogen) atoms. The van der Waals surface area contributed by atoms with Crippen LogP contribution >= 0.6 is 0 Å². The van der Waals surface area contributed by atoms with Crippen LogP contribution in [-0.2, 0) is 6.42 Å². The first-order valence-electron chi connectivity index (χ1n) is 3.42. The molecule has 0 unspecified atom stereocenters. The second-order valence-electron chi connectivity index (χ2n) is 2.19. The molecule has 1 aromatic rings. The number of carboxylic acid groups (broad SMARTS) is 1. The van der Waals surface area contributed by atoms with E-state index in [0.717, 1.165) is 12.0 Å². The van der Waals surface area contributed by atoms with Gasteiger partial charge in [-0.25, -0.2) is 4.79 Å². The predicted molar refractivity (Wildman–Crippen MR) is 40.6 cm³/mol. The van der Waals surface area contributed by atoms with Crippen LogP contribution in [-0.4, -0.2) is 16.1 Å². The highest BCUT2D eigenvalue weighted by Gasteiger charge is 2.06. The second kappa shape index (κ2) is 3.14. The van der Waals surface area contributed by atoms with Gasteiger partial charge in [-0.1, -0.05) is 6.92 Å². The monoisotopic (exact) mass is 151 g/mol. The van der Waals surface area contributed by atoms with Crippen LogP contribution in [0.3, 0.4) is 0 Å². The average molecular weight is 151 g/mol. The maximum Gasteiger partial charge on any atom is 0.337 e. The van der Waals surface area contributed by atoms with E-state index in [-0.39, 0.29) is 0 Å². The first kappa shape index (κ1) is 7.72. The van der Waals surface area contributed by atoms with Crippen LogP contribution in [0.4, 0.5) is 0 Å². The highest BCUT2D eigenvalue weighted by Crippen LogP contribution is 2.06. The topological polar surface area (TPSA) is 50.2 Å². The van der Waals surface area contributed by atoms with Crippen molar-refractivity contribution < 1.29 is 9.90 Å². The van der Waals surface area contributed by atoms with Crippen LogP contribution in [0.15, 0.2) is 18.5 Å². The molecule has 1 rings (SSSR count). The van der Waals surface area contributed by atoms with Gasteiger partial charge in [-0.3, -0.25) is 4.98 Å². The molecule has 1 heterocycles. The van der Waals surface area contributed by atoms with Crippen molar-refractivity contribution in [3.05, 3.63) is 29.6 Å². The number of hydrogen-bond donors (Lipinski definition) is 1. The van der Waals surface area contributed by atoms with Crippen LogP contribution < -0.4 is 0 Å². The van der Waals surface area contributed by atoms with Gasteiger partial charge in [-0.05, 0) is 18.1 Å². The summed E-state index contributed by atoms with van der Waals surface area (Å²) < 4.78 is 0. The maximum atomic E-state index is 10.5. The van der Waals surface area contributed by atoms with Gasteiger partial charge in [0, 0.05) is 12.4 Å². The minimum atomic E-state index is -0.907. The van der Waals surface area contributed by atoms with Crippen LogP contribution in [0, 0.1) is 0 Å². The molecule has 58 valence electrons. The highest BCUT2D eigenvalue weighted by molar-refractivity contribution is 5.88. The Bertz CT molecular complexity index is 271. The van der Waals surface area contributed by atoms with Gasteiger partial charge in [-0.15, -0.1) is 0 Å². The lowest BCUT2D eigenvalue weighted by Gasteiger charge is -1.99. The molecule has 0 atom stereocenters. The van der Waals surface area contributed by atoms with Crippen molar-refractivity contribution in [2.45, 2.75) is 13.3 Å². The summed E-state index contributed by atoms with van der Waals surface area (Å²) in [5, 5.41) is 8.66. The molecule has 3 nitrogen and oxygen atoms in total. The molecule has 0 fully saturated rings. The number of hydrogen-bond acceptors (Lipinski definition) is 2. The number of carboxylic acids is 1. The molecule has 0 aromatic carbocycles. The summed E-state index contributed by atoms with van der Waals surface area (Å²) in [5.41, 5.74) is 1.13. The Labute approximate surface area is 64.7 Å². The molecule has 0 radical (unpaired) electrons. The largest absolute Gasteiger partial charge is 0.478 e. The van der Waals surface area contributed by atoms with E-state index >= 15 is 0 Å². The smallest absolute Gasteiger partial charge is 0.337 e. The predicted octanol–water partition coefficient (Wildman–Crippen LogP) is 1.34. The number of carbonyl (C=O) groups is 1. The normalized spacial score (nSPS) is 9.55. The van der Waals surface area contributed by atoms with E-state index < -0.39 is 5.97 Å². The SMILES string of the molecule is CCc1ccncc1C(=O)O. The third-order valence-corrected chi connectivity index (χ3v) is 1.52. The minimum Gasteiger partial charge on any atom is -0.478 e. The molecular weight excluding hydrogens is 142 g/mol. The number of pyridine rings is 1. The first-order chi connectivity index (χ1) is 5.25. The minimum absolute atomic E-state index is 0.301. The highest BCUT2D eigenvalue weighted by atomic mass is 16.4. The van der Waals surface area contributed by atoms with Crippen LogP contribution in [0.25, 0.3) is 0 Å². The Morgan fingerprint density at radius 1 is 1.73 bits per heavy atom. The van der Waals surface area contributed by atoms with Gasteiger partial charge in [0.1, 0.15) is 0 Å². The zero-order valence-electron chi connectivity index (χ0n) is 6.24. The van der Waals surface area contributed by atoms with E-state index in [4.69, 9.17) is 5.11 Å². The van der Waals surface area contributed by atoms with Crippen molar-refractivity contribution in [1.29, 1.82) is 0 Å². The molecule has 1 N–H and O–H groups in total. The Balaban J connectivity index is 3.12. The standard InChI is InChI=1S/C8H9NO2/c1-2-6-3-4-9-5-7(6)8(10)11/h3-5H,2H2,1H3,(H,10,11). The van der Waals surface area contributed by atoms with Crippen LogP contribution in [0.2, 0.25) is 0 Å². The molecular formula is C8H9NO2. The van der Waals surface area contributed by atoms with Gasteiger partial charge >= 0.3 is 5.97 Å². The molecule has 0 amide bonds. The molecule has 1 aromatic heterocycles. The van der Waals surface area contributed by atoms with E-state index in [1.807, 2.05) is 6.92 Å². The fraction of sp³-hybridized carbons (Fsp3) is 0.250. The number of aromatic carboxylic acids is 1. The van der Waals surface area contributed by atoms with E-state index in [0.29, 0.717) is 5.56 Å². The van der Waals surface area contributed by atoms with Gasteiger partial charge in [-0.2, -0.15) is 0 Å². The van der Waals surface area contributed by atoms with Crippen molar-refractivity contribution in [2.75, 3.05) is 0 Å². The van der Waals surface area contributed by atoms with Crippen molar-refractivity contribution in [3.8, 4) is 0 Å². The number of aryl methyl sites for hydroxylation is 1. The Morgan fingerprint density at radius 3 is 2.91 bits per heavy atom. The Kier molecular flexibility index (Phi) is 2.21. The van der Waals surface area contributed by atoms with E-state index in [1.165, 1.54) is 6.20 Å². The lowest BCUT2D eigenvalue weighted by Crippen LogP contribution is -2.01. The molecule has 0 saturated heterocycles. The molecule has 0 spiro atoms. The summed E-state index contributed by atoms with van der Waals surface area (Å²) in [6.07, 6.45) is 3.70. The lowest BCUT2D eigenvalue weighted by atomic mass is 10.1. The molecule has 0 aliphatic rings. The van der Waals surface area contributed by atoms with Gasteiger partial charge in [0.25, 0.3) is 0 Å². The van der Waals surface area contributed by atoms with Crippen molar-refractivity contribution in [1.82, 2.24) is 4.98 Å². The molecule has 0 aliphatic heterocycles. The summed E-state index contributed by atoms with van der Waals surface area (Å²) in [5.74, 6) is -0.907. The van der Waals surface area contributed by atoms with Crippen molar-refractivity contribution in [3.63, 3.8) is 0 Å². The van der Waals surface area contributed by atoms with Gasteiger partial charge in [0.2, 0.25) is 0 Å². The first-order valence-corrected chi connectivity index (χ1v) is 3.42. The summed E-state index contributed by atoms with van der Waals surface area (Å²) in [7, 11) is 0. The Morgan fingerprint density at radius 2 is 2.45 bits per heavy atom. The van der Waals surface area contributed by atoms with Crippen molar-refractivity contribution >= 4 is 5.97 Å². The lowest BCUT2D eigenvalue weighted by molar-refractivity contribution is 0.0695. The molecule has 0 bridgehead atoms. The van der Waals surface area contributed by atoms with E-state index in [2.05, 4.69) is 4.98 Å². The number of nitrogens with zero attached hydrogens (tertiary/aromatic N) is 1. The van der Waals surface area contributed by atoms with Crippen molar-refractivity contribution in [2.24, 2.45) is 0 Å². The van der Waals surface area contributed by atoms with E-state index in [1.54, 1.807) is 12.3 Å². The van der Waals surface area contributed by atoms with Gasteiger partial charge in [0.15, 0.2) is 0 Å². The molecule has 3 heteroatoms. The quantitative estimate of drug-likeness (QED) is 0.693. The summed E-state index contributed by atoms with van der Waals surface area (Å²) in [4.78, 5) is 14.3. The summed E-state index contributed by atoms with van der Waals surface area (Å²) in [6.45, 7) is 1.92. The Hall–Kier alpha value is -1.38. The average Bonchev–Trinajstić information content (AvgIpc) is 2.04. The van der Waals surface area contributed by atoms with Crippen LogP contribution in [0.1, 0.15) is 22.8 Å². The van der Waals surface area contributed by atoms with E-state index in [9.17, 15) is 4.79 Å². The van der Waals surface area contributed by atoms with Gasteiger partial charge < -0.3 is 5.11 Å². The molecule has 0 aliphatic carbocycles. The third kappa shape index (κ3) is 1.55. The fourth-order valence-electron chi connectivity index (χ4n) is 0.924. The molecule has 0 saturated carbocycles. The third-order valence-electron chi connectivity index (χ3n) is 1.52. The van der Waals surface area contributed by atoms with Gasteiger partial charge in [0.05, 0.1) is 5.56 Å². The zero-order chi connectivity index (χ0) is 8.27. The number of rotatable bonds is 2. The second-order valence-corrected chi connectivity index (χ2v) is 2.19. The summed E-state index contributed by atoms with van der Waals surface area (Å²) >= 11 is 0. The fourth-order valence-corrected chi connectivity index (χ4v) is 0.924. The summed E-state index contributed by atoms with van der Waals surface area (Å²) in [6, 6.07) is 1.73. The van der Waals surface area contributed by atoms with Crippen LogP contribution in [0.5, 0.6) is 0 Å². The maximum absolute atomic E-state index is 10.5. The zero-order valence-corrected chi connectivity index (χ0v) is 6.24. The number of aromatic nitrogens is 1.